The molecule has 29 heavy (non-hydrogen) atoms. The van der Waals surface area contributed by atoms with E-state index in [2.05, 4.69) is 0 Å². The summed E-state index contributed by atoms with van der Waals surface area (Å²) in [5.41, 5.74) is 1.65. The second-order valence-corrected chi connectivity index (χ2v) is 9.72. The zero-order chi connectivity index (χ0) is 20.9. The number of carbonyl (C=O) groups is 1. The van der Waals surface area contributed by atoms with E-state index in [9.17, 15) is 13.2 Å². The number of amides is 1. The molecule has 1 heterocycles. The standard InChI is InChI=1S/C22H28N2O4S/c1-23(2)29(26,27)21-12-10-20(11-13-21)22(25)24-14-6-9-19(15-24)17-28-16-18-7-4-3-5-8-18/h3-5,7-8,10-13,19H,6,9,14-17H2,1-2H3. The van der Waals surface area contributed by atoms with Gasteiger partial charge in [0.2, 0.25) is 10.0 Å². The number of ether oxygens (including phenoxy) is 1. The third-order valence-electron chi connectivity index (χ3n) is 5.15. The first-order valence-corrected chi connectivity index (χ1v) is 11.3. The van der Waals surface area contributed by atoms with Crippen LogP contribution >= 0.6 is 0 Å². The fourth-order valence-electron chi connectivity index (χ4n) is 3.47. The molecule has 3 rings (SSSR count). The Balaban J connectivity index is 1.56. The summed E-state index contributed by atoms with van der Waals surface area (Å²) in [4.78, 5) is 14.9. The minimum atomic E-state index is -3.49. The summed E-state index contributed by atoms with van der Waals surface area (Å²) in [5.74, 6) is 0.247. The van der Waals surface area contributed by atoms with Gasteiger partial charge in [-0.2, -0.15) is 0 Å². The smallest absolute Gasteiger partial charge is 0.253 e. The molecule has 1 amide bonds. The molecule has 2 aromatic rings. The van der Waals surface area contributed by atoms with Crippen LogP contribution in [0.2, 0.25) is 0 Å². The minimum absolute atomic E-state index is 0.0634. The van der Waals surface area contributed by atoms with Crippen molar-refractivity contribution in [2.24, 2.45) is 5.92 Å². The van der Waals surface area contributed by atoms with Gasteiger partial charge in [0.25, 0.3) is 5.91 Å². The molecule has 0 aromatic heterocycles. The first-order valence-electron chi connectivity index (χ1n) is 9.81. The second kappa shape index (κ2) is 9.52. The van der Waals surface area contributed by atoms with Crippen LogP contribution in [0.5, 0.6) is 0 Å². The van der Waals surface area contributed by atoms with Crippen molar-refractivity contribution in [1.82, 2.24) is 9.21 Å². The Bertz CT molecular complexity index is 912. The maximum absolute atomic E-state index is 12.9. The van der Waals surface area contributed by atoms with E-state index in [1.165, 1.54) is 26.2 Å². The molecule has 0 spiro atoms. The first-order chi connectivity index (χ1) is 13.9. The Morgan fingerprint density at radius 1 is 1.10 bits per heavy atom. The SMILES string of the molecule is CN(C)S(=O)(=O)c1ccc(C(=O)N2CCCC(COCc3ccccc3)C2)cc1. The van der Waals surface area contributed by atoms with E-state index >= 15 is 0 Å². The van der Waals surface area contributed by atoms with Crippen molar-refractivity contribution < 1.29 is 17.9 Å². The molecular weight excluding hydrogens is 388 g/mol. The number of carbonyl (C=O) groups excluding carboxylic acids is 1. The van der Waals surface area contributed by atoms with Crippen molar-refractivity contribution in [2.75, 3.05) is 33.8 Å². The lowest BCUT2D eigenvalue weighted by atomic mass is 9.98. The largest absolute Gasteiger partial charge is 0.376 e. The maximum Gasteiger partial charge on any atom is 0.253 e. The molecule has 0 aliphatic carbocycles. The first kappa shape index (κ1) is 21.5. The quantitative estimate of drug-likeness (QED) is 0.696. The Kier molecular flexibility index (Phi) is 7.05. The predicted octanol–water partition coefficient (Wildman–Crippen LogP) is 3.01. The average molecular weight is 417 g/mol. The Hall–Kier alpha value is -2.22. The molecule has 0 saturated carbocycles. The molecule has 1 fully saturated rings. The van der Waals surface area contributed by atoms with Crippen LogP contribution in [0.25, 0.3) is 0 Å². The molecule has 1 saturated heterocycles. The van der Waals surface area contributed by atoms with Crippen molar-refractivity contribution >= 4 is 15.9 Å². The molecule has 0 bridgehead atoms. The summed E-state index contributed by atoms with van der Waals surface area (Å²) in [6.07, 6.45) is 1.98. The van der Waals surface area contributed by atoms with E-state index in [1.807, 2.05) is 35.2 Å². The van der Waals surface area contributed by atoms with Gasteiger partial charge < -0.3 is 9.64 Å². The number of hydrogen-bond acceptors (Lipinski definition) is 4. The van der Waals surface area contributed by atoms with Crippen LogP contribution in [0.3, 0.4) is 0 Å². The van der Waals surface area contributed by atoms with Crippen LogP contribution in [-0.2, 0) is 21.4 Å². The molecule has 1 atom stereocenters. The van der Waals surface area contributed by atoms with E-state index in [0.29, 0.717) is 37.8 Å². The number of benzene rings is 2. The van der Waals surface area contributed by atoms with Crippen LogP contribution in [0, 0.1) is 5.92 Å². The topological polar surface area (TPSA) is 66.9 Å². The molecule has 156 valence electrons. The van der Waals surface area contributed by atoms with Gasteiger partial charge in [-0.3, -0.25) is 4.79 Å². The monoisotopic (exact) mass is 416 g/mol. The van der Waals surface area contributed by atoms with Gasteiger partial charge in [0, 0.05) is 32.7 Å². The Morgan fingerprint density at radius 3 is 2.45 bits per heavy atom. The predicted molar refractivity (Wildman–Crippen MR) is 112 cm³/mol. The van der Waals surface area contributed by atoms with E-state index in [1.54, 1.807) is 12.1 Å². The van der Waals surface area contributed by atoms with Crippen molar-refractivity contribution in [3.8, 4) is 0 Å². The minimum Gasteiger partial charge on any atom is -0.376 e. The molecule has 6 nitrogen and oxygen atoms in total. The van der Waals surface area contributed by atoms with Crippen molar-refractivity contribution in [2.45, 2.75) is 24.3 Å². The van der Waals surface area contributed by atoms with Gasteiger partial charge in [0.15, 0.2) is 0 Å². The Labute approximate surface area is 173 Å². The van der Waals surface area contributed by atoms with Crippen LogP contribution in [-0.4, -0.2) is 57.3 Å². The molecule has 7 heteroatoms. The zero-order valence-electron chi connectivity index (χ0n) is 17.0. The van der Waals surface area contributed by atoms with Gasteiger partial charge in [-0.15, -0.1) is 0 Å². The van der Waals surface area contributed by atoms with E-state index in [-0.39, 0.29) is 10.8 Å². The summed E-state index contributed by atoms with van der Waals surface area (Å²) >= 11 is 0. The highest BCUT2D eigenvalue weighted by atomic mass is 32.2. The lowest BCUT2D eigenvalue weighted by Crippen LogP contribution is -2.41. The summed E-state index contributed by atoms with van der Waals surface area (Å²) in [6, 6.07) is 16.2. The summed E-state index contributed by atoms with van der Waals surface area (Å²) in [5, 5.41) is 0. The number of nitrogens with zero attached hydrogens (tertiary/aromatic N) is 2. The molecular formula is C22H28N2O4S. The van der Waals surface area contributed by atoms with Gasteiger partial charge in [0.05, 0.1) is 18.1 Å². The molecule has 1 aliphatic rings. The van der Waals surface area contributed by atoms with Crippen molar-refractivity contribution in [3.63, 3.8) is 0 Å². The molecule has 2 aromatic carbocycles. The maximum atomic E-state index is 12.9. The van der Waals surface area contributed by atoms with Gasteiger partial charge >= 0.3 is 0 Å². The summed E-state index contributed by atoms with van der Waals surface area (Å²) in [7, 11) is -0.518. The number of likely N-dealkylation sites (tertiary alicyclic amines) is 1. The normalized spacial score (nSPS) is 17.5. The summed E-state index contributed by atoms with van der Waals surface area (Å²) in [6.45, 7) is 2.57. The molecule has 0 radical (unpaired) electrons. The molecule has 1 aliphatic heterocycles. The molecule has 1 unspecified atom stereocenters. The summed E-state index contributed by atoms with van der Waals surface area (Å²) < 4.78 is 31.4. The van der Waals surface area contributed by atoms with E-state index in [0.717, 1.165) is 22.7 Å². The van der Waals surface area contributed by atoms with E-state index in [4.69, 9.17) is 4.74 Å². The van der Waals surface area contributed by atoms with Gasteiger partial charge in [-0.25, -0.2) is 12.7 Å². The number of sulfonamides is 1. The number of piperidine rings is 1. The lowest BCUT2D eigenvalue weighted by molar-refractivity contribution is 0.0425. The van der Waals surface area contributed by atoms with Gasteiger partial charge in [-0.1, -0.05) is 30.3 Å². The van der Waals surface area contributed by atoms with Crippen molar-refractivity contribution in [3.05, 3.63) is 65.7 Å². The van der Waals surface area contributed by atoms with Crippen LogP contribution in [0.15, 0.2) is 59.5 Å². The highest BCUT2D eigenvalue weighted by Gasteiger charge is 2.25. The fraction of sp³-hybridized carbons (Fsp3) is 0.409. The highest BCUT2D eigenvalue weighted by Crippen LogP contribution is 2.21. The average Bonchev–Trinajstić information content (AvgIpc) is 2.74. The van der Waals surface area contributed by atoms with E-state index < -0.39 is 10.0 Å². The number of hydrogen-bond donors (Lipinski definition) is 0. The Morgan fingerprint density at radius 2 is 1.79 bits per heavy atom. The molecule has 0 N–H and O–H groups in total. The zero-order valence-corrected chi connectivity index (χ0v) is 17.8. The third kappa shape index (κ3) is 5.44. The van der Waals surface area contributed by atoms with Crippen LogP contribution < -0.4 is 0 Å². The fourth-order valence-corrected chi connectivity index (χ4v) is 4.37. The third-order valence-corrected chi connectivity index (χ3v) is 6.98. The van der Waals surface area contributed by atoms with Crippen molar-refractivity contribution in [1.29, 1.82) is 0 Å². The highest BCUT2D eigenvalue weighted by molar-refractivity contribution is 7.89. The van der Waals surface area contributed by atoms with Crippen LogP contribution in [0.1, 0.15) is 28.8 Å². The van der Waals surface area contributed by atoms with Crippen LogP contribution in [0.4, 0.5) is 0 Å². The number of rotatable bonds is 7. The lowest BCUT2D eigenvalue weighted by Gasteiger charge is -2.32. The van der Waals surface area contributed by atoms with Gasteiger partial charge in [-0.05, 0) is 48.6 Å². The second-order valence-electron chi connectivity index (χ2n) is 7.57. The van der Waals surface area contributed by atoms with Gasteiger partial charge in [0.1, 0.15) is 0 Å².